The van der Waals surface area contributed by atoms with E-state index in [-0.39, 0.29) is 24.3 Å². The number of benzene rings is 2. The first kappa shape index (κ1) is 25.5. The largest absolute Gasteiger partial charge is 0.426 e. The van der Waals surface area contributed by atoms with Gasteiger partial charge in [-0.3, -0.25) is 0 Å². The van der Waals surface area contributed by atoms with E-state index in [0.717, 1.165) is 0 Å². The summed E-state index contributed by atoms with van der Waals surface area (Å²) >= 11 is 0. The molecule has 2 fully saturated rings. The molecule has 2 aliphatic heterocycles. The minimum atomic E-state index is -6.08. The summed E-state index contributed by atoms with van der Waals surface area (Å²) in [4.78, 5) is 0. The van der Waals surface area contributed by atoms with Crippen LogP contribution in [0.2, 0.25) is 0 Å². The first-order valence-corrected chi connectivity index (χ1v) is 9.41. The quantitative estimate of drug-likeness (QED) is 0.344. The number of nitrogens with one attached hydrogen (secondary N) is 4. The van der Waals surface area contributed by atoms with Crippen molar-refractivity contribution in [3.8, 4) is 0 Å². The zero-order valence-electron chi connectivity index (χ0n) is 16.7. The van der Waals surface area contributed by atoms with Gasteiger partial charge < -0.3 is 0 Å². The summed E-state index contributed by atoms with van der Waals surface area (Å²) in [5.74, 6) is 0. The molecule has 0 unspecified atom stereocenters. The van der Waals surface area contributed by atoms with Crippen molar-refractivity contribution in [1.29, 1.82) is 0 Å². The zero-order chi connectivity index (χ0) is 26.3. The zero-order valence-corrected chi connectivity index (χ0v) is 16.7. The highest BCUT2D eigenvalue weighted by atomic mass is 19.4. The number of hydrazine groups is 2. The molecule has 2 aliphatic rings. The fraction of sp³-hybridized carbons (Fsp3) is 0.368. The van der Waals surface area contributed by atoms with Crippen molar-refractivity contribution in [2.75, 3.05) is 0 Å². The van der Waals surface area contributed by atoms with Gasteiger partial charge in [-0.15, -0.1) is 0 Å². The molecule has 0 radical (unpaired) electrons. The minimum absolute atomic E-state index is 0.251. The summed E-state index contributed by atoms with van der Waals surface area (Å²) in [6.45, 7) is 0. The van der Waals surface area contributed by atoms with Gasteiger partial charge in [0, 0.05) is 0 Å². The molecule has 4 rings (SSSR count). The highest BCUT2D eigenvalue weighted by Crippen LogP contribution is 2.57. The maximum absolute atomic E-state index is 14.2. The van der Waals surface area contributed by atoms with Gasteiger partial charge >= 0.3 is 24.7 Å². The summed E-state index contributed by atoms with van der Waals surface area (Å²) in [7, 11) is 0. The average Bonchev–Trinajstić information content (AvgIpc) is 3.59. The third kappa shape index (κ3) is 3.56. The van der Waals surface area contributed by atoms with E-state index in [9.17, 15) is 52.7 Å². The van der Waals surface area contributed by atoms with Crippen LogP contribution in [-0.2, 0) is 16.7 Å². The summed E-state index contributed by atoms with van der Waals surface area (Å²) < 4.78 is 164. The van der Waals surface area contributed by atoms with Gasteiger partial charge in [0.15, 0.2) is 0 Å². The van der Waals surface area contributed by atoms with Gasteiger partial charge in [0.05, 0.1) is 0 Å². The minimum Gasteiger partial charge on any atom is -0.223 e. The second kappa shape index (κ2) is 7.24. The molecule has 0 bridgehead atoms. The Morgan fingerprint density at radius 2 is 0.686 bits per heavy atom. The molecule has 35 heavy (non-hydrogen) atoms. The molecule has 0 spiro atoms. The second-order valence-corrected chi connectivity index (χ2v) is 7.90. The highest BCUT2D eigenvalue weighted by molar-refractivity contribution is 5.48. The summed E-state index contributed by atoms with van der Waals surface area (Å²) in [6, 6.07) is 2.81. The molecule has 2 aromatic carbocycles. The average molecular weight is 524 g/mol. The Kier molecular flexibility index (Phi) is 5.28. The number of halogens is 12. The molecular formula is C19H12F12N4. The van der Waals surface area contributed by atoms with E-state index in [2.05, 4.69) is 0 Å². The first-order chi connectivity index (χ1) is 15.8. The summed E-state index contributed by atoms with van der Waals surface area (Å²) in [5.41, 5.74) is -7.66. The fourth-order valence-corrected chi connectivity index (χ4v) is 3.95. The lowest BCUT2D eigenvalue weighted by Crippen LogP contribution is -2.54. The monoisotopic (exact) mass is 524 g/mol. The molecule has 0 aliphatic carbocycles. The predicted molar refractivity (Wildman–Crippen MR) is 93.8 cm³/mol. The van der Waals surface area contributed by atoms with E-state index in [1.54, 1.807) is 21.7 Å². The van der Waals surface area contributed by atoms with Crippen LogP contribution in [0.25, 0.3) is 0 Å². The molecule has 4 N–H and O–H groups in total. The Morgan fingerprint density at radius 1 is 0.429 bits per heavy atom. The van der Waals surface area contributed by atoms with Gasteiger partial charge in [0.1, 0.15) is 0 Å². The predicted octanol–water partition coefficient (Wildman–Crippen LogP) is 4.74. The van der Waals surface area contributed by atoms with Crippen LogP contribution in [0.15, 0.2) is 48.5 Å². The van der Waals surface area contributed by atoms with Gasteiger partial charge in [0.2, 0.25) is 16.7 Å². The Balaban J connectivity index is 1.85. The van der Waals surface area contributed by atoms with Crippen LogP contribution in [-0.4, -0.2) is 24.7 Å². The second-order valence-electron chi connectivity index (χ2n) is 7.90. The van der Waals surface area contributed by atoms with Crippen molar-refractivity contribution in [2.45, 2.75) is 41.4 Å². The summed E-state index contributed by atoms with van der Waals surface area (Å²) in [6.07, 6.45) is -22.1. The maximum Gasteiger partial charge on any atom is 0.426 e. The smallest absolute Gasteiger partial charge is 0.223 e. The topological polar surface area (TPSA) is 87.8 Å². The Labute approximate surface area is 187 Å². The number of hydrogen-bond acceptors (Lipinski definition) is 4. The Morgan fingerprint density at radius 3 is 0.857 bits per heavy atom. The number of rotatable bonds is 4. The molecule has 0 aromatic heterocycles. The molecule has 0 atom stereocenters. The van der Waals surface area contributed by atoms with Crippen molar-refractivity contribution in [2.24, 2.45) is 0 Å². The molecule has 2 heterocycles. The van der Waals surface area contributed by atoms with E-state index in [1.165, 1.54) is 0 Å². The molecule has 192 valence electrons. The number of hydrogen-bond donors (Lipinski definition) is 4. The van der Waals surface area contributed by atoms with Gasteiger partial charge in [0.25, 0.3) is 0 Å². The Hall–Kier alpha value is -2.56. The molecule has 2 aromatic rings. The molecule has 16 heteroatoms. The molecule has 0 amide bonds. The van der Waals surface area contributed by atoms with Crippen LogP contribution >= 0.6 is 0 Å². The lowest BCUT2D eigenvalue weighted by Gasteiger charge is -2.38. The lowest BCUT2D eigenvalue weighted by molar-refractivity contribution is -0.288. The Bertz CT molecular complexity index is 1000. The molecular weight excluding hydrogens is 512 g/mol. The van der Waals surface area contributed by atoms with Crippen LogP contribution < -0.4 is 21.7 Å². The van der Waals surface area contributed by atoms with Crippen LogP contribution in [0.1, 0.15) is 22.3 Å². The van der Waals surface area contributed by atoms with E-state index >= 15 is 0 Å². The third-order valence-electron chi connectivity index (χ3n) is 5.95. The van der Waals surface area contributed by atoms with E-state index in [0.29, 0.717) is 24.3 Å². The van der Waals surface area contributed by atoms with Crippen molar-refractivity contribution >= 4 is 0 Å². The van der Waals surface area contributed by atoms with Gasteiger partial charge in [-0.1, -0.05) is 48.5 Å². The van der Waals surface area contributed by atoms with E-state index in [1.807, 2.05) is 0 Å². The summed E-state index contributed by atoms with van der Waals surface area (Å²) in [5, 5.41) is 0. The van der Waals surface area contributed by atoms with Crippen LogP contribution in [0.5, 0.6) is 0 Å². The third-order valence-corrected chi connectivity index (χ3v) is 5.95. The van der Waals surface area contributed by atoms with Crippen molar-refractivity contribution < 1.29 is 52.7 Å². The first-order valence-electron chi connectivity index (χ1n) is 9.41. The SMILES string of the molecule is FC(F)(F)C1(c2ccc(C(c3ccc(C4(C(F)(F)F)NN4)cc3)(C(F)(F)F)C(F)(F)F)cc2)NN1. The standard InChI is InChI=1S/C19H12F12N4/c20-16(21,22)13(17(23,24)25,9-1-5-11(6-2-9)14(32-33-14)18(26,27)28)10-3-7-12(8-4-10)15(34-35-15)19(29,30)31/h1-8,32-35H. The number of alkyl halides is 12. The van der Waals surface area contributed by atoms with Crippen molar-refractivity contribution in [3.63, 3.8) is 0 Å². The van der Waals surface area contributed by atoms with Crippen LogP contribution in [0.3, 0.4) is 0 Å². The van der Waals surface area contributed by atoms with E-state index < -0.39 is 63.7 Å². The van der Waals surface area contributed by atoms with Crippen molar-refractivity contribution in [1.82, 2.24) is 21.7 Å². The van der Waals surface area contributed by atoms with Crippen molar-refractivity contribution in [3.05, 3.63) is 70.8 Å². The van der Waals surface area contributed by atoms with Gasteiger partial charge in [-0.2, -0.15) is 52.7 Å². The lowest BCUT2D eigenvalue weighted by atomic mass is 9.72. The maximum atomic E-state index is 14.2. The van der Waals surface area contributed by atoms with E-state index in [4.69, 9.17) is 0 Å². The fourth-order valence-electron chi connectivity index (χ4n) is 3.95. The van der Waals surface area contributed by atoms with Gasteiger partial charge in [-0.05, 0) is 22.3 Å². The molecule has 2 saturated heterocycles. The highest BCUT2D eigenvalue weighted by Gasteiger charge is 2.73. The molecule has 0 saturated carbocycles. The van der Waals surface area contributed by atoms with Gasteiger partial charge in [-0.25, -0.2) is 21.7 Å². The normalized spacial score (nSPS) is 20.0. The van der Waals surface area contributed by atoms with Crippen LogP contribution in [0.4, 0.5) is 52.7 Å². The molecule has 4 nitrogen and oxygen atoms in total. The van der Waals surface area contributed by atoms with Crippen LogP contribution in [0, 0.1) is 0 Å².